The van der Waals surface area contributed by atoms with Gasteiger partial charge in [0, 0.05) is 6.20 Å². The van der Waals surface area contributed by atoms with Crippen molar-refractivity contribution in [1.29, 1.82) is 0 Å². The molecular weight excluding hydrogens is 212 g/mol. The van der Waals surface area contributed by atoms with Crippen LogP contribution < -0.4 is 4.74 Å². The van der Waals surface area contributed by atoms with Gasteiger partial charge in [0.1, 0.15) is 18.1 Å². The van der Waals surface area contributed by atoms with Gasteiger partial charge < -0.3 is 4.74 Å². The molecule has 2 heterocycles. The van der Waals surface area contributed by atoms with Crippen molar-refractivity contribution < 1.29 is 9.53 Å². The quantitative estimate of drug-likeness (QED) is 0.739. The molecule has 2 aromatic rings. The van der Waals surface area contributed by atoms with Crippen molar-refractivity contribution in [3.05, 3.63) is 40.6 Å². The number of nitrogens with zero attached hydrogens (tertiary/aromatic N) is 2. The van der Waals surface area contributed by atoms with E-state index in [2.05, 4.69) is 9.97 Å². The number of ether oxygens (including phenoxy) is 1. The highest BCUT2D eigenvalue weighted by molar-refractivity contribution is 7.09. The highest BCUT2D eigenvalue weighted by Crippen LogP contribution is 2.13. The van der Waals surface area contributed by atoms with Crippen LogP contribution in [0.1, 0.15) is 15.4 Å². The number of thiazole rings is 1. The lowest BCUT2D eigenvalue weighted by molar-refractivity contribution is 0.111. The van der Waals surface area contributed by atoms with Crippen molar-refractivity contribution in [3.8, 4) is 5.75 Å². The Morgan fingerprint density at radius 2 is 2.33 bits per heavy atom. The van der Waals surface area contributed by atoms with Crippen molar-refractivity contribution in [3.63, 3.8) is 0 Å². The Labute approximate surface area is 90.6 Å². The van der Waals surface area contributed by atoms with Gasteiger partial charge in [-0.25, -0.2) is 4.98 Å². The molecule has 0 aliphatic rings. The normalized spacial score (nSPS) is 9.87. The SMILES string of the molecule is O=Cc1ccc(OCc2cncs2)cn1. The average Bonchev–Trinajstić information content (AvgIpc) is 2.80. The molecular formula is C10H8N2O2S. The molecule has 76 valence electrons. The summed E-state index contributed by atoms with van der Waals surface area (Å²) in [5.74, 6) is 0.647. The second-order valence-corrected chi connectivity index (χ2v) is 3.76. The third-order valence-corrected chi connectivity index (χ3v) is 2.50. The van der Waals surface area contributed by atoms with Crippen LogP contribution in [-0.4, -0.2) is 16.3 Å². The number of hydrogen-bond donors (Lipinski definition) is 0. The third-order valence-electron chi connectivity index (χ3n) is 1.74. The van der Waals surface area contributed by atoms with Crippen LogP contribution in [0.5, 0.6) is 5.75 Å². The van der Waals surface area contributed by atoms with Crippen LogP contribution in [0.3, 0.4) is 0 Å². The predicted octanol–water partition coefficient (Wildman–Crippen LogP) is 1.93. The van der Waals surface area contributed by atoms with Gasteiger partial charge in [-0.3, -0.25) is 9.78 Å². The highest BCUT2D eigenvalue weighted by atomic mass is 32.1. The first-order valence-electron chi connectivity index (χ1n) is 4.30. The second kappa shape index (κ2) is 4.65. The molecule has 2 aromatic heterocycles. The molecule has 0 N–H and O–H groups in total. The van der Waals surface area contributed by atoms with Crippen LogP contribution in [0.4, 0.5) is 0 Å². The van der Waals surface area contributed by atoms with Gasteiger partial charge in [-0.05, 0) is 12.1 Å². The van der Waals surface area contributed by atoms with E-state index >= 15 is 0 Å². The van der Waals surface area contributed by atoms with Gasteiger partial charge in [0.15, 0.2) is 6.29 Å². The monoisotopic (exact) mass is 220 g/mol. The van der Waals surface area contributed by atoms with Crippen LogP contribution in [0.15, 0.2) is 30.0 Å². The minimum absolute atomic E-state index is 0.403. The number of aromatic nitrogens is 2. The number of pyridine rings is 1. The standard InChI is InChI=1S/C10H8N2O2S/c13-5-8-1-2-9(3-12-8)14-6-10-4-11-7-15-10/h1-5,7H,6H2. The summed E-state index contributed by atoms with van der Waals surface area (Å²) in [6.45, 7) is 0.479. The first-order valence-corrected chi connectivity index (χ1v) is 5.18. The summed E-state index contributed by atoms with van der Waals surface area (Å²) in [6, 6.07) is 3.34. The van der Waals surface area contributed by atoms with Crippen LogP contribution in [0.2, 0.25) is 0 Å². The van der Waals surface area contributed by atoms with E-state index in [1.807, 2.05) is 0 Å². The fraction of sp³-hybridized carbons (Fsp3) is 0.100. The Morgan fingerprint density at radius 3 is 2.93 bits per heavy atom. The Bertz CT molecular complexity index is 425. The van der Waals surface area contributed by atoms with E-state index in [0.29, 0.717) is 24.3 Å². The number of rotatable bonds is 4. The minimum atomic E-state index is 0.403. The Kier molecular flexibility index (Phi) is 3.04. The maximum Gasteiger partial charge on any atom is 0.168 e. The van der Waals surface area contributed by atoms with Gasteiger partial charge in [0.2, 0.25) is 0 Å². The molecule has 0 atom stereocenters. The average molecular weight is 220 g/mol. The van der Waals surface area contributed by atoms with Gasteiger partial charge >= 0.3 is 0 Å². The summed E-state index contributed by atoms with van der Waals surface area (Å²) in [4.78, 5) is 19.2. The molecule has 0 fully saturated rings. The molecule has 0 bridgehead atoms. The zero-order valence-corrected chi connectivity index (χ0v) is 8.61. The number of hydrogen-bond acceptors (Lipinski definition) is 5. The predicted molar refractivity (Wildman–Crippen MR) is 56.1 cm³/mol. The summed E-state index contributed by atoms with van der Waals surface area (Å²) >= 11 is 1.54. The number of carbonyl (C=O) groups excluding carboxylic acids is 1. The summed E-state index contributed by atoms with van der Waals surface area (Å²) in [5, 5.41) is 0. The lowest BCUT2D eigenvalue weighted by Crippen LogP contribution is -1.94. The molecule has 0 saturated heterocycles. The van der Waals surface area contributed by atoms with E-state index in [1.54, 1.807) is 23.8 Å². The van der Waals surface area contributed by atoms with Crippen molar-refractivity contribution >= 4 is 17.6 Å². The largest absolute Gasteiger partial charge is 0.486 e. The molecule has 2 rings (SSSR count). The number of aldehydes is 1. The lowest BCUT2D eigenvalue weighted by atomic mass is 10.4. The minimum Gasteiger partial charge on any atom is -0.486 e. The third kappa shape index (κ3) is 2.60. The van der Waals surface area contributed by atoms with Gasteiger partial charge in [-0.1, -0.05) is 0 Å². The molecule has 4 nitrogen and oxygen atoms in total. The van der Waals surface area contributed by atoms with Crippen LogP contribution in [0.25, 0.3) is 0 Å². The first kappa shape index (κ1) is 9.79. The Morgan fingerprint density at radius 1 is 1.40 bits per heavy atom. The molecule has 0 aromatic carbocycles. The fourth-order valence-corrected chi connectivity index (χ4v) is 1.52. The van der Waals surface area contributed by atoms with E-state index in [4.69, 9.17) is 4.74 Å². The topological polar surface area (TPSA) is 52.1 Å². The van der Waals surface area contributed by atoms with Crippen molar-refractivity contribution in [2.24, 2.45) is 0 Å². The summed E-state index contributed by atoms with van der Waals surface area (Å²) < 4.78 is 5.44. The summed E-state index contributed by atoms with van der Waals surface area (Å²) in [7, 11) is 0. The van der Waals surface area contributed by atoms with Crippen LogP contribution >= 0.6 is 11.3 Å². The molecule has 0 aliphatic carbocycles. The first-order chi connectivity index (χ1) is 7.38. The maximum atomic E-state index is 10.4. The molecule has 0 aliphatic heterocycles. The smallest absolute Gasteiger partial charge is 0.168 e. The van der Waals surface area contributed by atoms with Crippen molar-refractivity contribution in [2.75, 3.05) is 0 Å². The molecule has 5 heteroatoms. The van der Waals surface area contributed by atoms with E-state index < -0.39 is 0 Å². The zero-order valence-electron chi connectivity index (χ0n) is 7.79. The zero-order chi connectivity index (χ0) is 10.5. The van der Waals surface area contributed by atoms with Gasteiger partial charge in [-0.15, -0.1) is 11.3 Å². The highest BCUT2D eigenvalue weighted by Gasteiger charge is 1.98. The molecule has 0 amide bonds. The van der Waals surface area contributed by atoms with Crippen molar-refractivity contribution in [2.45, 2.75) is 6.61 Å². The Balaban J connectivity index is 1.96. The van der Waals surface area contributed by atoms with Gasteiger partial charge in [0.25, 0.3) is 0 Å². The van der Waals surface area contributed by atoms with Crippen LogP contribution in [0, 0.1) is 0 Å². The van der Waals surface area contributed by atoms with E-state index in [0.717, 1.165) is 4.88 Å². The van der Waals surface area contributed by atoms with E-state index in [1.165, 1.54) is 17.5 Å². The molecule has 0 saturated carbocycles. The fourth-order valence-electron chi connectivity index (χ4n) is 1.01. The Hall–Kier alpha value is -1.75. The van der Waals surface area contributed by atoms with Crippen LogP contribution in [-0.2, 0) is 6.61 Å². The van der Waals surface area contributed by atoms with Gasteiger partial charge in [0.05, 0.1) is 16.6 Å². The molecule has 15 heavy (non-hydrogen) atoms. The number of carbonyl (C=O) groups is 1. The van der Waals surface area contributed by atoms with Crippen molar-refractivity contribution in [1.82, 2.24) is 9.97 Å². The van der Waals surface area contributed by atoms with Gasteiger partial charge in [-0.2, -0.15) is 0 Å². The van der Waals surface area contributed by atoms with E-state index in [9.17, 15) is 4.79 Å². The summed E-state index contributed by atoms with van der Waals surface area (Å²) in [5.41, 5.74) is 2.16. The molecule has 0 radical (unpaired) electrons. The second-order valence-electron chi connectivity index (χ2n) is 2.79. The lowest BCUT2D eigenvalue weighted by Gasteiger charge is -2.02. The molecule has 0 spiro atoms. The summed E-state index contributed by atoms with van der Waals surface area (Å²) in [6.07, 6.45) is 4.00. The van der Waals surface area contributed by atoms with E-state index in [-0.39, 0.29) is 0 Å². The maximum absolute atomic E-state index is 10.4. The molecule has 0 unspecified atom stereocenters.